The van der Waals surface area contributed by atoms with E-state index in [1.165, 1.54) is 18.5 Å². The molecule has 0 aliphatic rings. The molecule has 0 amide bonds. The van der Waals surface area contributed by atoms with E-state index in [9.17, 15) is 8.42 Å². The number of nitrogens with one attached hydrogen (secondary N) is 1. The quantitative estimate of drug-likeness (QED) is 0.719. The number of sulfonamides is 1. The van der Waals surface area contributed by atoms with E-state index in [-0.39, 0.29) is 4.90 Å². The first kappa shape index (κ1) is 18.1. The van der Waals surface area contributed by atoms with Gasteiger partial charge in [-0.2, -0.15) is 5.10 Å². The Labute approximate surface area is 152 Å². The standard InChI is InChI=1S/C18H20N4O3S/c1-13(21-26(23,24)17-5-4-10-19-11-17)18-12-20-22(14(18)2)15-6-8-16(25-3)9-7-15/h4-13,21H,1-3H3. The minimum absolute atomic E-state index is 0.132. The number of benzene rings is 1. The number of methoxy groups -OCH3 is 1. The Morgan fingerprint density at radius 1 is 1.15 bits per heavy atom. The van der Waals surface area contributed by atoms with Gasteiger partial charge in [0, 0.05) is 29.7 Å². The third-order valence-electron chi connectivity index (χ3n) is 4.11. The molecule has 1 atom stereocenters. The van der Waals surface area contributed by atoms with Crippen molar-refractivity contribution in [1.82, 2.24) is 19.5 Å². The molecule has 1 N–H and O–H groups in total. The predicted octanol–water partition coefficient (Wildman–Crippen LogP) is 2.62. The van der Waals surface area contributed by atoms with E-state index in [1.807, 2.05) is 31.2 Å². The molecule has 0 radical (unpaired) electrons. The summed E-state index contributed by atoms with van der Waals surface area (Å²) in [5.41, 5.74) is 2.53. The van der Waals surface area contributed by atoms with Crippen molar-refractivity contribution in [3.05, 3.63) is 66.2 Å². The van der Waals surface area contributed by atoms with E-state index >= 15 is 0 Å². The van der Waals surface area contributed by atoms with Crippen LogP contribution in [-0.4, -0.2) is 30.3 Å². The third kappa shape index (κ3) is 3.61. The van der Waals surface area contributed by atoms with Gasteiger partial charge < -0.3 is 4.74 Å². The van der Waals surface area contributed by atoms with Crippen LogP contribution in [0, 0.1) is 6.92 Å². The molecule has 3 aromatic rings. The second-order valence-corrected chi connectivity index (χ2v) is 7.54. The Balaban J connectivity index is 1.85. The second-order valence-electron chi connectivity index (χ2n) is 5.83. The fraction of sp³-hybridized carbons (Fsp3) is 0.222. The average Bonchev–Trinajstić information content (AvgIpc) is 3.04. The molecule has 136 valence electrons. The van der Waals surface area contributed by atoms with Crippen LogP contribution in [0.1, 0.15) is 24.2 Å². The molecule has 0 spiro atoms. The summed E-state index contributed by atoms with van der Waals surface area (Å²) in [5.74, 6) is 0.761. The van der Waals surface area contributed by atoms with Crippen LogP contribution in [0.2, 0.25) is 0 Å². The van der Waals surface area contributed by atoms with Gasteiger partial charge in [0.25, 0.3) is 0 Å². The van der Waals surface area contributed by atoms with Gasteiger partial charge in [0.2, 0.25) is 10.0 Å². The molecule has 2 aromatic heterocycles. The first-order chi connectivity index (χ1) is 12.4. The summed E-state index contributed by atoms with van der Waals surface area (Å²) in [4.78, 5) is 3.99. The minimum Gasteiger partial charge on any atom is -0.497 e. The van der Waals surface area contributed by atoms with E-state index in [2.05, 4.69) is 14.8 Å². The van der Waals surface area contributed by atoms with Gasteiger partial charge >= 0.3 is 0 Å². The SMILES string of the molecule is COc1ccc(-n2ncc(C(C)NS(=O)(=O)c3cccnc3)c2C)cc1. The van der Waals surface area contributed by atoms with Crippen LogP contribution in [0.3, 0.4) is 0 Å². The first-order valence-corrected chi connectivity index (χ1v) is 9.52. The molecule has 0 bridgehead atoms. The maximum absolute atomic E-state index is 12.5. The van der Waals surface area contributed by atoms with Gasteiger partial charge in [0.1, 0.15) is 10.6 Å². The summed E-state index contributed by atoms with van der Waals surface area (Å²) in [5, 5.41) is 4.39. The molecule has 0 aliphatic carbocycles. The Hall–Kier alpha value is -2.71. The zero-order chi connectivity index (χ0) is 18.7. The van der Waals surface area contributed by atoms with Crippen LogP contribution in [0.25, 0.3) is 5.69 Å². The highest BCUT2D eigenvalue weighted by atomic mass is 32.2. The van der Waals surface area contributed by atoms with Crippen LogP contribution < -0.4 is 9.46 Å². The van der Waals surface area contributed by atoms with Gasteiger partial charge in [0.15, 0.2) is 0 Å². The molecular formula is C18H20N4O3S. The molecule has 0 fully saturated rings. The number of pyridine rings is 1. The van der Waals surface area contributed by atoms with E-state index in [1.54, 1.807) is 31.0 Å². The van der Waals surface area contributed by atoms with Crippen LogP contribution in [-0.2, 0) is 10.0 Å². The van der Waals surface area contributed by atoms with E-state index in [4.69, 9.17) is 4.74 Å². The monoisotopic (exact) mass is 372 g/mol. The highest BCUT2D eigenvalue weighted by Gasteiger charge is 2.21. The van der Waals surface area contributed by atoms with E-state index in [0.717, 1.165) is 22.7 Å². The molecule has 2 heterocycles. The largest absolute Gasteiger partial charge is 0.497 e. The lowest BCUT2D eigenvalue weighted by atomic mass is 10.1. The van der Waals surface area contributed by atoms with Crippen LogP contribution in [0.5, 0.6) is 5.75 Å². The summed E-state index contributed by atoms with van der Waals surface area (Å²) in [6.45, 7) is 3.69. The van der Waals surface area contributed by atoms with E-state index < -0.39 is 16.1 Å². The normalized spacial score (nSPS) is 12.7. The molecule has 8 heteroatoms. The summed E-state index contributed by atoms with van der Waals surface area (Å²) < 4.78 is 34.6. The van der Waals surface area contributed by atoms with Gasteiger partial charge in [-0.05, 0) is 50.2 Å². The molecule has 7 nitrogen and oxygen atoms in total. The Kier molecular flexibility index (Phi) is 5.06. The fourth-order valence-corrected chi connectivity index (χ4v) is 3.89. The van der Waals surface area contributed by atoms with Gasteiger partial charge in [-0.25, -0.2) is 17.8 Å². The molecule has 3 rings (SSSR count). The molecular weight excluding hydrogens is 352 g/mol. The highest BCUT2D eigenvalue weighted by molar-refractivity contribution is 7.89. The van der Waals surface area contributed by atoms with E-state index in [0.29, 0.717) is 0 Å². The number of rotatable bonds is 6. The Morgan fingerprint density at radius 2 is 1.88 bits per heavy atom. The predicted molar refractivity (Wildman–Crippen MR) is 97.8 cm³/mol. The summed E-state index contributed by atoms with van der Waals surface area (Å²) in [6.07, 6.45) is 4.53. The molecule has 0 saturated heterocycles. The number of aromatic nitrogens is 3. The van der Waals surface area contributed by atoms with Crippen molar-refractivity contribution in [3.8, 4) is 11.4 Å². The maximum atomic E-state index is 12.5. The van der Waals surface area contributed by atoms with Crippen molar-refractivity contribution < 1.29 is 13.2 Å². The fourth-order valence-electron chi connectivity index (χ4n) is 2.70. The number of hydrogen-bond donors (Lipinski definition) is 1. The smallest absolute Gasteiger partial charge is 0.242 e. The molecule has 1 unspecified atom stereocenters. The molecule has 1 aromatic carbocycles. The van der Waals surface area contributed by atoms with Crippen molar-refractivity contribution in [2.75, 3.05) is 7.11 Å². The van der Waals surface area contributed by atoms with Gasteiger partial charge in [-0.1, -0.05) is 0 Å². The molecule has 0 aliphatic heterocycles. The maximum Gasteiger partial charge on any atom is 0.242 e. The number of nitrogens with zero attached hydrogens (tertiary/aromatic N) is 3. The van der Waals surface area contributed by atoms with Crippen molar-refractivity contribution in [3.63, 3.8) is 0 Å². The summed E-state index contributed by atoms with van der Waals surface area (Å²) in [6, 6.07) is 10.2. The van der Waals surface area contributed by atoms with Crippen molar-refractivity contribution in [1.29, 1.82) is 0 Å². The lowest BCUT2D eigenvalue weighted by Gasteiger charge is -2.14. The lowest BCUT2D eigenvalue weighted by Crippen LogP contribution is -2.27. The minimum atomic E-state index is -3.65. The topological polar surface area (TPSA) is 86.1 Å². The lowest BCUT2D eigenvalue weighted by molar-refractivity contribution is 0.414. The summed E-state index contributed by atoms with van der Waals surface area (Å²) >= 11 is 0. The Bertz CT molecular complexity index is 983. The van der Waals surface area contributed by atoms with Crippen LogP contribution in [0.15, 0.2) is 59.9 Å². The number of ether oxygens (including phenoxy) is 1. The van der Waals surface area contributed by atoms with Gasteiger partial charge in [-0.3, -0.25) is 4.98 Å². The second kappa shape index (κ2) is 7.27. The van der Waals surface area contributed by atoms with Crippen LogP contribution in [0.4, 0.5) is 0 Å². The zero-order valence-electron chi connectivity index (χ0n) is 14.7. The molecule has 26 heavy (non-hydrogen) atoms. The van der Waals surface area contributed by atoms with Crippen LogP contribution >= 0.6 is 0 Å². The van der Waals surface area contributed by atoms with Gasteiger partial charge in [0.05, 0.1) is 19.0 Å². The average molecular weight is 372 g/mol. The van der Waals surface area contributed by atoms with Crippen molar-refractivity contribution in [2.24, 2.45) is 0 Å². The zero-order valence-corrected chi connectivity index (χ0v) is 15.6. The first-order valence-electron chi connectivity index (χ1n) is 8.03. The molecule has 0 saturated carbocycles. The van der Waals surface area contributed by atoms with Gasteiger partial charge in [-0.15, -0.1) is 0 Å². The number of hydrogen-bond acceptors (Lipinski definition) is 5. The Morgan fingerprint density at radius 3 is 2.50 bits per heavy atom. The van der Waals surface area contributed by atoms with Crippen molar-refractivity contribution in [2.45, 2.75) is 24.8 Å². The third-order valence-corrected chi connectivity index (χ3v) is 5.63. The summed E-state index contributed by atoms with van der Waals surface area (Å²) in [7, 11) is -2.04. The highest BCUT2D eigenvalue weighted by Crippen LogP contribution is 2.23. The van der Waals surface area contributed by atoms with Crippen molar-refractivity contribution >= 4 is 10.0 Å².